The highest BCUT2D eigenvalue weighted by atomic mass is 19.1. The third-order valence-corrected chi connectivity index (χ3v) is 3.86. The Kier molecular flexibility index (Phi) is 4.72. The maximum atomic E-state index is 13.6. The van der Waals surface area contributed by atoms with Crippen LogP contribution in [0.5, 0.6) is 0 Å². The summed E-state index contributed by atoms with van der Waals surface area (Å²) in [4.78, 5) is 2.50. The molecule has 2 unspecified atom stereocenters. The Morgan fingerprint density at radius 2 is 1.89 bits per heavy atom. The topological polar surface area (TPSA) is 15.3 Å². The number of hydrogen-bond donors (Lipinski definition) is 1. The number of nitrogens with one attached hydrogen (secondary N) is 1. The van der Waals surface area contributed by atoms with Crippen LogP contribution in [-0.4, -0.2) is 30.6 Å². The molecule has 1 aromatic carbocycles. The van der Waals surface area contributed by atoms with Gasteiger partial charge in [0, 0.05) is 24.2 Å². The summed E-state index contributed by atoms with van der Waals surface area (Å²) < 4.78 is 13.6. The van der Waals surface area contributed by atoms with E-state index in [1.54, 1.807) is 6.07 Å². The van der Waals surface area contributed by atoms with Crippen molar-refractivity contribution in [3.05, 3.63) is 35.6 Å². The number of rotatable bonds is 5. The van der Waals surface area contributed by atoms with E-state index in [2.05, 4.69) is 17.1 Å². The van der Waals surface area contributed by atoms with Gasteiger partial charge in [-0.15, -0.1) is 0 Å². The third-order valence-electron chi connectivity index (χ3n) is 3.86. The molecule has 1 saturated heterocycles. The maximum Gasteiger partial charge on any atom is 0.127 e. The minimum Gasteiger partial charge on any atom is -0.309 e. The second-order valence-electron chi connectivity index (χ2n) is 5.24. The molecule has 18 heavy (non-hydrogen) atoms. The Bertz CT molecular complexity index is 375. The van der Waals surface area contributed by atoms with Crippen molar-refractivity contribution < 1.29 is 4.39 Å². The average Bonchev–Trinajstić information content (AvgIpc) is 2.90. The smallest absolute Gasteiger partial charge is 0.127 e. The lowest BCUT2D eigenvalue weighted by Gasteiger charge is -2.26. The van der Waals surface area contributed by atoms with Crippen molar-refractivity contribution in [3.63, 3.8) is 0 Å². The number of likely N-dealkylation sites (tertiary alicyclic amines) is 1. The van der Waals surface area contributed by atoms with Gasteiger partial charge in [0.2, 0.25) is 0 Å². The van der Waals surface area contributed by atoms with Gasteiger partial charge in [-0.05, 0) is 45.8 Å². The van der Waals surface area contributed by atoms with Crippen molar-refractivity contribution in [2.75, 3.05) is 19.6 Å². The Hall–Kier alpha value is -0.930. The second-order valence-corrected chi connectivity index (χ2v) is 5.24. The average molecular weight is 250 g/mol. The highest BCUT2D eigenvalue weighted by molar-refractivity contribution is 5.20. The van der Waals surface area contributed by atoms with Crippen LogP contribution in [-0.2, 0) is 0 Å². The zero-order valence-electron chi connectivity index (χ0n) is 11.3. The predicted octanol–water partition coefficient (Wildman–Crippen LogP) is 2.96. The third kappa shape index (κ3) is 3.30. The van der Waals surface area contributed by atoms with Crippen molar-refractivity contribution >= 4 is 0 Å². The van der Waals surface area contributed by atoms with Crippen molar-refractivity contribution in [3.8, 4) is 0 Å². The van der Waals surface area contributed by atoms with Crippen molar-refractivity contribution in [2.24, 2.45) is 0 Å². The quantitative estimate of drug-likeness (QED) is 0.864. The molecule has 0 spiro atoms. The van der Waals surface area contributed by atoms with Gasteiger partial charge in [0.25, 0.3) is 0 Å². The molecule has 1 aliphatic rings. The monoisotopic (exact) mass is 250 g/mol. The fourth-order valence-electron chi connectivity index (χ4n) is 2.60. The number of benzene rings is 1. The molecule has 0 aromatic heterocycles. The first kappa shape index (κ1) is 13.5. The van der Waals surface area contributed by atoms with E-state index >= 15 is 0 Å². The minimum absolute atomic E-state index is 0.0660. The first-order chi connectivity index (χ1) is 8.68. The molecule has 0 aliphatic carbocycles. The molecular weight excluding hydrogens is 227 g/mol. The normalized spacial score (nSPS) is 19.9. The van der Waals surface area contributed by atoms with Crippen molar-refractivity contribution in [1.29, 1.82) is 0 Å². The summed E-state index contributed by atoms with van der Waals surface area (Å²) in [6, 6.07) is 7.60. The Labute approximate surface area is 109 Å². The molecule has 0 radical (unpaired) electrons. The van der Waals surface area contributed by atoms with Crippen LogP contribution >= 0.6 is 0 Å². The maximum absolute atomic E-state index is 13.6. The standard InChI is InChI=1S/C15H23FN2/c1-12(18-9-5-6-10-18)11-17-13(2)14-7-3-4-8-15(14)16/h3-4,7-8,12-13,17H,5-6,9-11H2,1-2H3. The highest BCUT2D eigenvalue weighted by Gasteiger charge is 2.18. The van der Waals surface area contributed by atoms with Gasteiger partial charge in [-0.1, -0.05) is 18.2 Å². The van der Waals surface area contributed by atoms with Gasteiger partial charge in [0.15, 0.2) is 0 Å². The van der Waals surface area contributed by atoms with Crippen LogP contribution < -0.4 is 5.32 Å². The zero-order chi connectivity index (χ0) is 13.0. The van der Waals surface area contributed by atoms with Crippen molar-refractivity contribution in [2.45, 2.75) is 38.8 Å². The van der Waals surface area contributed by atoms with Gasteiger partial charge in [-0.2, -0.15) is 0 Å². The minimum atomic E-state index is -0.119. The van der Waals surface area contributed by atoms with Gasteiger partial charge in [-0.25, -0.2) is 4.39 Å². The molecule has 1 heterocycles. The summed E-state index contributed by atoms with van der Waals surface area (Å²) in [5.41, 5.74) is 0.756. The second kappa shape index (κ2) is 6.30. The summed E-state index contributed by atoms with van der Waals surface area (Å²) >= 11 is 0. The van der Waals surface area contributed by atoms with E-state index in [0.717, 1.165) is 12.1 Å². The molecule has 100 valence electrons. The summed E-state index contributed by atoms with van der Waals surface area (Å²) in [5.74, 6) is -0.119. The molecule has 2 nitrogen and oxygen atoms in total. The Morgan fingerprint density at radius 1 is 1.22 bits per heavy atom. The van der Waals surface area contributed by atoms with Gasteiger partial charge in [0.05, 0.1) is 0 Å². The number of hydrogen-bond acceptors (Lipinski definition) is 2. The van der Waals surface area contributed by atoms with Crippen LogP contribution in [0.1, 0.15) is 38.3 Å². The van der Waals surface area contributed by atoms with E-state index in [4.69, 9.17) is 0 Å². The summed E-state index contributed by atoms with van der Waals surface area (Å²) in [5, 5.41) is 3.43. The molecule has 1 aromatic rings. The molecule has 0 amide bonds. The molecule has 0 bridgehead atoms. The first-order valence-electron chi connectivity index (χ1n) is 6.90. The van der Waals surface area contributed by atoms with Gasteiger partial charge < -0.3 is 5.32 Å². The lowest BCUT2D eigenvalue weighted by Crippen LogP contribution is -2.39. The summed E-state index contributed by atoms with van der Waals surface area (Å²) in [6.45, 7) is 7.59. The lowest BCUT2D eigenvalue weighted by molar-refractivity contribution is 0.246. The van der Waals surface area contributed by atoms with Gasteiger partial charge in [0.1, 0.15) is 5.82 Å². The predicted molar refractivity (Wildman–Crippen MR) is 73.1 cm³/mol. The Morgan fingerprint density at radius 3 is 2.56 bits per heavy atom. The Balaban J connectivity index is 1.84. The summed E-state index contributed by atoms with van der Waals surface area (Å²) in [6.07, 6.45) is 2.63. The van der Waals surface area contributed by atoms with Crippen molar-refractivity contribution in [1.82, 2.24) is 10.2 Å². The van der Waals surface area contributed by atoms with Crippen LogP contribution in [0.25, 0.3) is 0 Å². The largest absolute Gasteiger partial charge is 0.309 e. The molecule has 1 fully saturated rings. The molecular formula is C15H23FN2. The molecule has 1 N–H and O–H groups in total. The molecule has 0 saturated carbocycles. The van der Waals surface area contributed by atoms with Gasteiger partial charge in [-0.3, -0.25) is 4.90 Å². The molecule has 2 atom stereocenters. The fourth-order valence-corrected chi connectivity index (χ4v) is 2.60. The van der Waals surface area contributed by atoms with Crippen LogP contribution in [0.15, 0.2) is 24.3 Å². The SMILES string of the molecule is CC(NCC(C)N1CCCC1)c1ccccc1F. The summed E-state index contributed by atoms with van der Waals surface area (Å²) in [7, 11) is 0. The number of nitrogens with zero attached hydrogens (tertiary/aromatic N) is 1. The highest BCUT2D eigenvalue weighted by Crippen LogP contribution is 2.17. The van der Waals surface area contributed by atoms with E-state index in [0.29, 0.717) is 6.04 Å². The zero-order valence-corrected chi connectivity index (χ0v) is 11.3. The fraction of sp³-hybridized carbons (Fsp3) is 0.600. The van der Waals surface area contributed by atoms with Crippen LogP contribution in [0.4, 0.5) is 4.39 Å². The van der Waals surface area contributed by atoms with E-state index in [1.165, 1.54) is 32.0 Å². The van der Waals surface area contributed by atoms with Crippen LogP contribution in [0.2, 0.25) is 0 Å². The van der Waals surface area contributed by atoms with E-state index in [1.807, 2.05) is 19.1 Å². The van der Waals surface area contributed by atoms with Crippen LogP contribution in [0.3, 0.4) is 0 Å². The van der Waals surface area contributed by atoms with Crippen LogP contribution in [0, 0.1) is 5.82 Å². The van der Waals surface area contributed by atoms with Gasteiger partial charge >= 0.3 is 0 Å². The molecule has 1 aliphatic heterocycles. The van der Waals surface area contributed by atoms with E-state index in [-0.39, 0.29) is 11.9 Å². The number of halogens is 1. The van der Waals surface area contributed by atoms with E-state index < -0.39 is 0 Å². The molecule has 3 heteroatoms. The first-order valence-corrected chi connectivity index (χ1v) is 6.90. The lowest BCUT2D eigenvalue weighted by atomic mass is 10.1. The van der Waals surface area contributed by atoms with E-state index in [9.17, 15) is 4.39 Å². The molecule has 2 rings (SSSR count).